The average molecular weight is 484 g/mol. The molecular formula is C21H33IN4O. The third kappa shape index (κ3) is 5.57. The van der Waals surface area contributed by atoms with Crippen LogP contribution in [-0.2, 0) is 11.3 Å². The second-order valence-corrected chi connectivity index (χ2v) is 7.90. The Morgan fingerprint density at radius 2 is 2.04 bits per heavy atom. The molecule has 5 nitrogen and oxygen atoms in total. The van der Waals surface area contributed by atoms with Gasteiger partial charge in [0.25, 0.3) is 0 Å². The summed E-state index contributed by atoms with van der Waals surface area (Å²) in [6.07, 6.45) is 5.79. The summed E-state index contributed by atoms with van der Waals surface area (Å²) < 4.78 is 6.09. The van der Waals surface area contributed by atoms with Gasteiger partial charge in [-0.05, 0) is 24.3 Å². The van der Waals surface area contributed by atoms with E-state index in [0.29, 0.717) is 6.04 Å². The fourth-order valence-corrected chi connectivity index (χ4v) is 4.28. The number of aliphatic imine (C=N–C) groups is 1. The van der Waals surface area contributed by atoms with Crippen LogP contribution in [0, 0.1) is 5.92 Å². The highest BCUT2D eigenvalue weighted by atomic mass is 127. The van der Waals surface area contributed by atoms with Crippen LogP contribution in [0.2, 0.25) is 0 Å². The fraction of sp³-hybridized carbons (Fsp3) is 0.667. The van der Waals surface area contributed by atoms with E-state index in [1.54, 1.807) is 0 Å². The van der Waals surface area contributed by atoms with Crippen LogP contribution >= 0.6 is 24.0 Å². The molecule has 1 aromatic carbocycles. The Morgan fingerprint density at radius 1 is 1.22 bits per heavy atom. The minimum absolute atomic E-state index is 0. The number of nitrogens with zero attached hydrogens (tertiary/aromatic N) is 3. The maximum absolute atomic E-state index is 6.09. The van der Waals surface area contributed by atoms with Gasteiger partial charge >= 0.3 is 0 Å². The summed E-state index contributed by atoms with van der Waals surface area (Å²) in [7, 11) is 1.90. The molecular weight excluding hydrogens is 451 g/mol. The molecule has 0 spiro atoms. The van der Waals surface area contributed by atoms with Gasteiger partial charge in [0.2, 0.25) is 0 Å². The zero-order chi connectivity index (χ0) is 17.8. The van der Waals surface area contributed by atoms with Gasteiger partial charge in [-0.2, -0.15) is 0 Å². The third-order valence-electron chi connectivity index (χ3n) is 5.93. The van der Waals surface area contributed by atoms with Crippen LogP contribution in [0.3, 0.4) is 0 Å². The van der Waals surface area contributed by atoms with Crippen LogP contribution in [0.4, 0.5) is 0 Å². The molecule has 0 amide bonds. The molecule has 1 saturated carbocycles. The van der Waals surface area contributed by atoms with E-state index in [9.17, 15) is 0 Å². The Kier molecular flexibility index (Phi) is 7.78. The van der Waals surface area contributed by atoms with Crippen molar-refractivity contribution in [1.82, 2.24) is 15.1 Å². The first-order chi connectivity index (χ1) is 12.8. The molecule has 27 heavy (non-hydrogen) atoms. The first-order valence-corrected chi connectivity index (χ1v) is 10.2. The number of halogens is 1. The first kappa shape index (κ1) is 20.9. The van der Waals surface area contributed by atoms with Crippen molar-refractivity contribution < 1.29 is 4.74 Å². The molecule has 6 heteroatoms. The third-order valence-corrected chi connectivity index (χ3v) is 5.93. The number of likely N-dealkylation sites (tertiary alicyclic amines) is 1. The van der Waals surface area contributed by atoms with Crippen LogP contribution < -0.4 is 5.32 Å². The van der Waals surface area contributed by atoms with E-state index >= 15 is 0 Å². The second-order valence-electron chi connectivity index (χ2n) is 7.90. The van der Waals surface area contributed by atoms with Crippen LogP contribution in [0.1, 0.15) is 31.2 Å². The molecule has 0 bridgehead atoms. The molecule has 2 saturated heterocycles. The van der Waals surface area contributed by atoms with Crippen LogP contribution in [0.5, 0.6) is 0 Å². The van der Waals surface area contributed by atoms with Gasteiger partial charge in [0.15, 0.2) is 5.96 Å². The minimum atomic E-state index is 0. The number of hydrogen-bond donors (Lipinski definition) is 1. The summed E-state index contributed by atoms with van der Waals surface area (Å²) in [5.74, 6) is 2.05. The van der Waals surface area contributed by atoms with Crippen molar-refractivity contribution in [2.45, 2.75) is 44.4 Å². The lowest BCUT2D eigenvalue weighted by Crippen LogP contribution is -2.50. The van der Waals surface area contributed by atoms with Crippen molar-refractivity contribution in [3.8, 4) is 0 Å². The molecule has 2 unspecified atom stereocenters. The number of nitrogens with one attached hydrogen (secondary N) is 1. The molecule has 3 aliphatic rings. The highest BCUT2D eigenvalue weighted by molar-refractivity contribution is 14.0. The summed E-state index contributed by atoms with van der Waals surface area (Å²) in [6.45, 7) is 5.82. The van der Waals surface area contributed by atoms with Gasteiger partial charge in [0.05, 0.1) is 18.8 Å². The molecule has 2 heterocycles. The molecule has 1 aromatic rings. The van der Waals surface area contributed by atoms with E-state index in [1.807, 2.05) is 7.05 Å². The summed E-state index contributed by atoms with van der Waals surface area (Å²) in [6, 6.07) is 11.2. The van der Waals surface area contributed by atoms with Gasteiger partial charge in [-0.3, -0.25) is 9.89 Å². The lowest BCUT2D eigenvalue weighted by Gasteiger charge is -2.36. The Hall–Kier alpha value is -0.860. The topological polar surface area (TPSA) is 40.1 Å². The van der Waals surface area contributed by atoms with Gasteiger partial charge in [-0.25, -0.2) is 0 Å². The number of morpholine rings is 1. The number of guanidine groups is 1. The zero-order valence-electron chi connectivity index (χ0n) is 16.3. The molecule has 2 aliphatic heterocycles. The monoisotopic (exact) mass is 484 g/mol. The molecule has 1 N–H and O–H groups in total. The molecule has 2 atom stereocenters. The van der Waals surface area contributed by atoms with Crippen molar-refractivity contribution in [3.63, 3.8) is 0 Å². The quantitative estimate of drug-likeness (QED) is 0.292. The SMILES string of the molecule is CN=C(NCCCC1CC1)N1CC2OCCN(Cc3ccccc3)C2C1.I. The first-order valence-electron chi connectivity index (χ1n) is 10.2. The Morgan fingerprint density at radius 3 is 2.78 bits per heavy atom. The van der Waals surface area contributed by atoms with E-state index in [4.69, 9.17) is 4.74 Å². The molecule has 0 aromatic heterocycles. The number of rotatable bonds is 6. The highest BCUT2D eigenvalue weighted by Gasteiger charge is 2.41. The Bertz CT molecular complexity index is 607. The summed E-state index contributed by atoms with van der Waals surface area (Å²) in [5.41, 5.74) is 1.38. The van der Waals surface area contributed by atoms with Crippen molar-refractivity contribution in [2.75, 3.05) is 39.8 Å². The summed E-state index contributed by atoms with van der Waals surface area (Å²) in [4.78, 5) is 9.50. The maximum Gasteiger partial charge on any atom is 0.193 e. The average Bonchev–Trinajstić information content (AvgIpc) is 3.39. The van der Waals surface area contributed by atoms with E-state index < -0.39 is 0 Å². The molecule has 0 radical (unpaired) electrons. The lowest BCUT2D eigenvalue weighted by molar-refractivity contribution is -0.0502. The van der Waals surface area contributed by atoms with E-state index in [0.717, 1.165) is 51.2 Å². The number of ether oxygens (including phenoxy) is 1. The maximum atomic E-state index is 6.09. The minimum Gasteiger partial charge on any atom is -0.373 e. The predicted octanol–water partition coefficient (Wildman–Crippen LogP) is 2.96. The highest BCUT2D eigenvalue weighted by Crippen LogP contribution is 2.33. The van der Waals surface area contributed by atoms with Gasteiger partial charge < -0.3 is 15.0 Å². The molecule has 1 aliphatic carbocycles. The van der Waals surface area contributed by atoms with Crippen molar-refractivity contribution >= 4 is 29.9 Å². The van der Waals surface area contributed by atoms with Crippen LogP contribution in [0.15, 0.2) is 35.3 Å². The van der Waals surface area contributed by atoms with Crippen molar-refractivity contribution in [1.29, 1.82) is 0 Å². The fourth-order valence-electron chi connectivity index (χ4n) is 4.28. The second kappa shape index (κ2) is 10.1. The van der Waals surface area contributed by atoms with Gasteiger partial charge in [-0.15, -0.1) is 24.0 Å². The zero-order valence-corrected chi connectivity index (χ0v) is 18.7. The largest absolute Gasteiger partial charge is 0.373 e. The standard InChI is InChI=1S/C21H32N4O.HI/c1-22-21(23-11-5-8-17-9-10-17)25-15-19-20(16-25)26-13-12-24(19)14-18-6-3-2-4-7-18;/h2-4,6-7,17,19-20H,5,8-16H2,1H3,(H,22,23);1H. The smallest absolute Gasteiger partial charge is 0.193 e. The molecule has 4 rings (SSSR count). The predicted molar refractivity (Wildman–Crippen MR) is 121 cm³/mol. The van der Waals surface area contributed by atoms with Crippen molar-refractivity contribution in [3.05, 3.63) is 35.9 Å². The van der Waals surface area contributed by atoms with E-state index in [-0.39, 0.29) is 30.1 Å². The van der Waals surface area contributed by atoms with Gasteiger partial charge in [0.1, 0.15) is 0 Å². The van der Waals surface area contributed by atoms with Crippen LogP contribution in [0.25, 0.3) is 0 Å². The Balaban J connectivity index is 0.00000210. The van der Waals surface area contributed by atoms with Crippen molar-refractivity contribution in [2.24, 2.45) is 10.9 Å². The van der Waals surface area contributed by atoms with Crippen LogP contribution in [-0.4, -0.2) is 67.7 Å². The lowest BCUT2D eigenvalue weighted by atomic mass is 10.1. The number of fused-ring (bicyclic) bond motifs is 1. The Labute approximate surface area is 180 Å². The van der Waals surface area contributed by atoms with Gasteiger partial charge in [0, 0.05) is 39.8 Å². The number of benzene rings is 1. The summed E-state index contributed by atoms with van der Waals surface area (Å²) in [5, 5.41) is 3.57. The summed E-state index contributed by atoms with van der Waals surface area (Å²) >= 11 is 0. The molecule has 150 valence electrons. The van der Waals surface area contributed by atoms with Gasteiger partial charge in [-0.1, -0.05) is 43.2 Å². The number of hydrogen-bond acceptors (Lipinski definition) is 3. The molecule has 3 fully saturated rings. The normalized spacial score (nSPS) is 25.8. The van der Waals surface area contributed by atoms with E-state index in [2.05, 4.69) is 50.4 Å². The van der Waals surface area contributed by atoms with E-state index in [1.165, 1.54) is 31.2 Å².